The summed E-state index contributed by atoms with van der Waals surface area (Å²) in [5, 5.41) is 0. The highest BCUT2D eigenvalue weighted by molar-refractivity contribution is 14.0. The number of esters is 1. The summed E-state index contributed by atoms with van der Waals surface area (Å²) in [6.07, 6.45) is 3.70. The summed E-state index contributed by atoms with van der Waals surface area (Å²) in [5.41, 5.74) is 0. The Kier molecular flexibility index (Phi) is 15.4. The SMILES string of the molecule is CCCCC(=O)OC.I.O=S1CCCS1. The minimum Gasteiger partial charge on any atom is -0.469 e. The van der Waals surface area contributed by atoms with Crippen LogP contribution in [0.25, 0.3) is 0 Å². The Hall–Kier alpha value is 0.700. The number of halogens is 1. The van der Waals surface area contributed by atoms with E-state index in [1.54, 1.807) is 10.8 Å². The summed E-state index contributed by atoms with van der Waals surface area (Å²) in [5.74, 6) is 1.92. The molecule has 1 rings (SSSR count). The number of carbonyl (C=O) groups is 1. The first-order valence-corrected chi connectivity index (χ1v) is 7.61. The molecule has 0 N–H and O–H groups in total. The number of carbonyl (C=O) groups excluding carboxylic acids is 1. The van der Waals surface area contributed by atoms with Crippen LogP contribution in [-0.4, -0.2) is 28.8 Å². The number of methoxy groups -OCH3 is 1. The molecule has 0 spiro atoms. The van der Waals surface area contributed by atoms with Gasteiger partial charge in [-0.1, -0.05) is 24.1 Å². The molecule has 1 fully saturated rings. The molecule has 0 saturated carbocycles. The molecule has 3 nitrogen and oxygen atoms in total. The van der Waals surface area contributed by atoms with Gasteiger partial charge in [0.2, 0.25) is 0 Å². The van der Waals surface area contributed by atoms with Gasteiger partial charge in [-0.2, -0.15) is 0 Å². The molecule has 0 aromatic rings. The molecule has 0 aromatic heterocycles. The second-order valence-electron chi connectivity index (χ2n) is 2.86. The number of rotatable bonds is 3. The lowest BCUT2D eigenvalue weighted by Gasteiger charge is -1.93. The van der Waals surface area contributed by atoms with Crippen LogP contribution in [0.5, 0.6) is 0 Å². The second-order valence-corrected chi connectivity index (χ2v) is 6.35. The van der Waals surface area contributed by atoms with E-state index in [4.69, 9.17) is 0 Å². The van der Waals surface area contributed by atoms with E-state index in [0.29, 0.717) is 6.42 Å². The number of ether oxygens (including phenoxy) is 1. The summed E-state index contributed by atoms with van der Waals surface area (Å²) < 4.78 is 14.7. The second kappa shape index (κ2) is 12.8. The van der Waals surface area contributed by atoms with Crippen LogP contribution < -0.4 is 0 Å². The predicted octanol–water partition coefficient (Wildman–Crippen LogP) is 2.75. The topological polar surface area (TPSA) is 43.4 Å². The Morgan fingerprint density at radius 2 is 2.20 bits per heavy atom. The average Bonchev–Trinajstić information content (AvgIpc) is 2.66. The van der Waals surface area contributed by atoms with Crippen LogP contribution in [0.15, 0.2) is 0 Å². The lowest BCUT2D eigenvalue weighted by Crippen LogP contribution is -1.98. The molecule has 0 aliphatic carbocycles. The van der Waals surface area contributed by atoms with Crippen LogP contribution in [0.2, 0.25) is 0 Å². The largest absolute Gasteiger partial charge is 0.469 e. The Bertz CT molecular complexity index is 180. The maximum absolute atomic E-state index is 10.3. The van der Waals surface area contributed by atoms with Gasteiger partial charge in [-0.25, -0.2) is 4.21 Å². The molecule has 1 aliphatic rings. The minimum absolute atomic E-state index is 0. The Morgan fingerprint density at radius 3 is 2.47 bits per heavy atom. The summed E-state index contributed by atoms with van der Waals surface area (Å²) in [6, 6.07) is 0. The van der Waals surface area contributed by atoms with Crippen molar-refractivity contribution in [2.45, 2.75) is 32.6 Å². The highest BCUT2D eigenvalue weighted by Crippen LogP contribution is 2.17. The fourth-order valence-corrected chi connectivity index (χ4v) is 3.56. The fraction of sp³-hybridized carbons (Fsp3) is 0.889. The molecule has 92 valence electrons. The van der Waals surface area contributed by atoms with Crippen LogP contribution >= 0.6 is 34.8 Å². The van der Waals surface area contributed by atoms with E-state index in [2.05, 4.69) is 4.74 Å². The van der Waals surface area contributed by atoms with Crippen molar-refractivity contribution < 1.29 is 13.7 Å². The van der Waals surface area contributed by atoms with Gasteiger partial charge < -0.3 is 4.74 Å². The molecule has 15 heavy (non-hydrogen) atoms. The summed E-state index contributed by atoms with van der Waals surface area (Å²) in [6.45, 7) is 2.04. The minimum atomic E-state index is -0.506. The van der Waals surface area contributed by atoms with Crippen LogP contribution in [0.1, 0.15) is 32.6 Å². The van der Waals surface area contributed by atoms with Crippen molar-refractivity contribution in [3.05, 3.63) is 0 Å². The molecule has 1 heterocycles. The van der Waals surface area contributed by atoms with E-state index in [9.17, 15) is 9.00 Å². The zero-order chi connectivity index (χ0) is 10.8. The number of hydrogen-bond acceptors (Lipinski definition) is 4. The summed E-state index contributed by atoms with van der Waals surface area (Å²) in [7, 11) is 2.48. The smallest absolute Gasteiger partial charge is 0.305 e. The first-order chi connectivity index (χ1) is 6.70. The Morgan fingerprint density at radius 1 is 1.53 bits per heavy atom. The van der Waals surface area contributed by atoms with E-state index in [-0.39, 0.29) is 29.9 Å². The summed E-state index contributed by atoms with van der Waals surface area (Å²) in [4.78, 5) is 10.3. The molecule has 0 radical (unpaired) electrons. The zero-order valence-electron chi connectivity index (χ0n) is 9.19. The van der Waals surface area contributed by atoms with Crippen molar-refractivity contribution in [2.24, 2.45) is 0 Å². The lowest BCUT2D eigenvalue weighted by molar-refractivity contribution is -0.140. The molecule has 0 aromatic carbocycles. The highest BCUT2D eigenvalue weighted by atomic mass is 127. The van der Waals surface area contributed by atoms with Gasteiger partial charge in [0.05, 0.1) is 16.9 Å². The lowest BCUT2D eigenvalue weighted by atomic mass is 10.3. The van der Waals surface area contributed by atoms with E-state index in [1.807, 2.05) is 6.92 Å². The van der Waals surface area contributed by atoms with E-state index in [0.717, 1.165) is 30.8 Å². The molecular formula is C9H19IO3S2. The van der Waals surface area contributed by atoms with Crippen LogP contribution in [-0.2, 0) is 19.4 Å². The van der Waals surface area contributed by atoms with Gasteiger partial charge in [0.15, 0.2) is 0 Å². The monoisotopic (exact) mass is 366 g/mol. The van der Waals surface area contributed by atoms with Gasteiger partial charge in [-0.05, 0) is 12.8 Å². The van der Waals surface area contributed by atoms with Crippen molar-refractivity contribution >= 4 is 50.6 Å². The molecule has 1 atom stereocenters. The molecule has 0 amide bonds. The molecule has 1 aliphatic heterocycles. The predicted molar refractivity (Wildman–Crippen MR) is 77.0 cm³/mol. The third kappa shape index (κ3) is 12.6. The van der Waals surface area contributed by atoms with E-state index in [1.165, 1.54) is 7.11 Å². The zero-order valence-corrected chi connectivity index (χ0v) is 13.2. The van der Waals surface area contributed by atoms with E-state index < -0.39 is 9.83 Å². The van der Waals surface area contributed by atoms with Gasteiger partial charge >= 0.3 is 5.97 Å². The van der Waals surface area contributed by atoms with Gasteiger partial charge in [-0.15, -0.1) is 24.0 Å². The molecule has 6 heteroatoms. The average molecular weight is 366 g/mol. The van der Waals surface area contributed by atoms with Gasteiger partial charge in [0.25, 0.3) is 0 Å². The maximum Gasteiger partial charge on any atom is 0.305 e. The highest BCUT2D eigenvalue weighted by Gasteiger charge is 2.06. The normalized spacial score (nSPS) is 18.4. The van der Waals surface area contributed by atoms with Gasteiger partial charge in [0, 0.05) is 17.9 Å². The maximum atomic E-state index is 10.3. The molecule has 1 saturated heterocycles. The van der Waals surface area contributed by atoms with Crippen molar-refractivity contribution in [3.63, 3.8) is 0 Å². The fourth-order valence-electron chi connectivity index (χ4n) is 0.811. The molecular weight excluding hydrogens is 347 g/mol. The first kappa shape index (κ1) is 18.1. The third-order valence-corrected chi connectivity index (χ3v) is 4.76. The van der Waals surface area contributed by atoms with Crippen molar-refractivity contribution in [1.82, 2.24) is 0 Å². The van der Waals surface area contributed by atoms with E-state index >= 15 is 0 Å². The summed E-state index contributed by atoms with van der Waals surface area (Å²) >= 11 is 0. The quantitative estimate of drug-likeness (QED) is 0.438. The Labute approximate surface area is 115 Å². The standard InChI is InChI=1S/C6H12O2.C3H6OS2.HI/c1-3-4-5-6(7)8-2;4-6-3-1-2-5-6;/h3-5H2,1-2H3;1-3H2;1H. The van der Waals surface area contributed by atoms with Crippen molar-refractivity contribution in [2.75, 3.05) is 18.6 Å². The van der Waals surface area contributed by atoms with Gasteiger partial charge in [-0.3, -0.25) is 4.79 Å². The molecule has 0 bridgehead atoms. The molecule has 1 unspecified atom stereocenters. The number of hydrogen-bond donors (Lipinski definition) is 0. The van der Waals surface area contributed by atoms with Crippen molar-refractivity contribution in [1.29, 1.82) is 0 Å². The van der Waals surface area contributed by atoms with Crippen LogP contribution in [0, 0.1) is 0 Å². The van der Waals surface area contributed by atoms with Crippen LogP contribution in [0.4, 0.5) is 0 Å². The number of unbranched alkanes of at least 4 members (excludes halogenated alkanes) is 1. The Balaban J connectivity index is 0. The first-order valence-electron chi connectivity index (χ1n) is 4.79. The van der Waals surface area contributed by atoms with Crippen molar-refractivity contribution in [3.8, 4) is 0 Å². The van der Waals surface area contributed by atoms with Crippen LogP contribution in [0.3, 0.4) is 0 Å². The third-order valence-electron chi connectivity index (χ3n) is 1.63. The van der Waals surface area contributed by atoms with Gasteiger partial charge in [0.1, 0.15) is 0 Å².